The molecular formula is C15H19N3O. The van der Waals surface area contributed by atoms with Gasteiger partial charge in [-0.3, -0.25) is 16.3 Å². The minimum atomic E-state index is 0.0739. The van der Waals surface area contributed by atoms with Gasteiger partial charge in [-0.05, 0) is 30.5 Å². The number of hydrogen-bond acceptors (Lipinski definition) is 4. The Balaban J connectivity index is 1.97. The number of aromatic nitrogens is 1. The summed E-state index contributed by atoms with van der Waals surface area (Å²) in [5.41, 5.74) is 6.64. The fourth-order valence-corrected chi connectivity index (χ4v) is 3.11. The van der Waals surface area contributed by atoms with Crippen LogP contribution in [0.1, 0.15) is 47.9 Å². The second kappa shape index (κ2) is 5.15. The first-order valence-corrected chi connectivity index (χ1v) is 6.81. The number of furan rings is 1. The molecule has 0 bridgehead atoms. The average molecular weight is 257 g/mol. The molecule has 2 atom stereocenters. The van der Waals surface area contributed by atoms with E-state index in [1.807, 2.05) is 18.3 Å². The van der Waals surface area contributed by atoms with Crippen LogP contribution in [0.25, 0.3) is 0 Å². The smallest absolute Gasteiger partial charge is 0.108 e. The number of nitrogens with two attached hydrogens (primary N) is 1. The highest BCUT2D eigenvalue weighted by Crippen LogP contribution is 2.41. The zero-order valence-electron chi connectivity index (χ0n) is 11.1. The van der Waals surface area contributed by atoms with Crippen molar-refractivity contribution < 1.29 is 4.42 Å². The minimum Gasteiger partial charge on any atom is -0.469 e. The van der Waals surface area contributed by atoms with Crippen molar-refractivity contribution in [3.05, 3.63) is 53.2 Å². The number of nitrogens with zero attached hydrogens (tertiary/aromatic N) is 1. The van der Waals surface area contributed by atoms with Gasteiger partial charge in [-0.25, -0.2) is 0 Å². The van der Waals surface area contributed by atoms with Crippen LogP contribution in [0.4, 0.5) is 0 Å². The van der Waals surface area contributed by atoms with E-state index in [2.05, 4.69) is 23.4 Å². The summed E-state index contributed by atoms with van der Waals surface area (Å²) in [6.07, 6.45) is 6.64. The molecule has 100 valence electrons. The predicted octanol–water partition coefficient (Wildman–Crippen LogP) is 2.47. The molecule has 4 heteroatoms. The molecule has 0 saturated heterocycles. The van der Waals surface area contributed by atoms with Gasteiger partial charge in [0.25, 0.3) is 0 Å². The highest BCUT2D eigenvalue weighted by molar-refractivity contribution is 5.34. The van der Waals surface area contributed by atoms with Crippen LogP contribution in [-0.2, 0) is 12.8 Å². The summed E-state index contributed by atoms with van der Waals surface area (Å²) < 4.78 is 5.53. The molecule has 0 aliphatic heterocycles. The van der Waals surface area contributed by atoms with Crippen LogP contribution >= 0.6 is 0 Å². The number of fused-ring (bicyclic) bond motifs is 1. The van der Waals surface area contributed by atoms with Crippen molar-refractivity contribution >= 4 is 0 Å². The zero-order valence-corrected chi connectivity index (χ0v) is 11.1. The van der Waals surface area contributed by atoms with Crippen molar-refractivity contribution in [2.75, 3.05) is 0 Å². The lowest BCUT2D eigenvalue weighted by Crippen LogP contribution is -2.32. The number of hydrazine groups is 1. The van der Waals surface area contributed by atoms with Gasteiger partial charge in [0.05, 0.1) is 12.3 Å². The maximum Gasteiger partial charge on any atom is 0.108 e. The van der Waals surface area contributed by atoms with Crippen LogP contribution in [0.3, 0.4) is 0 Å². The predicted molar refractivity (Wildman–Crippen MR) is 73.4 cm³/mol. The SMILES string of the molecule is CCc1occc1C(NN)C1CCc2cccnc21. The van der Waals surface area contributed by atoms with Crippen LogP contribution in [0.2, 0.25) is 0 Å². The van der Waals surface area contributed by atoms with Gasteiger partial charge in [0.1, 0.15) is 5.76 Å². The van der Waals surface area contributed by atoms with Crippen LogP contribution in [0, 0.1) is 0 Å². The average Bonchev–Trinajstić information content (AvgIpc) is 3.07. The summed E-state index contributed by atoms with van der Waals surface area (Å²) in [5.74, 6) is 7.14. The topological polar surface area (TPSA) is 64.1 Å². The van der Waals surface area contributed by atoms with Gasteiger partial charge in [0, 0.05) is 29.8 Å². The van der Waals surface area contributed by atoms with E-state index >= 15 is 0 Å². The summed E-state index contributed by atoms with van der Waals surface area (Å²) in [4.78, 5) is 4.55. The first-order chi connectivity index (χ1) is 9.35. The third-order valence-electron chi connectivity index (χ3n) is 4.02. The molecule has 0 spiro atoms. The maximum absolute atomic E-state index is 5.81. The van der Waals surface area contributed by atoms with Crippen LogP contribution in [-0.4, -0.2) is 4.98 Å². The molecule has 0 radical (unpaired) electrons. The van der Waals surface area contributed by atoms with Gasteiger partial charge in [-0.2, -0.15) is 0 Å². The van der Waals surface area contributed by atoms with E-state index in [0.29, 0.717) is 5.92 Å². The van der Waals surface area contributed by atoms with Crippen molar-refractivity contribution in [1.82, 2.24) is 10.4 Å². The summed E-state index contributed by atoms with van der Waals surface area (Å²) >= 11 is 0. The van der Waals surface area contributed by atoms with E-state index in [-0.39, 0.29) is 6.04 Å². The van der Waals surface area contributed by atoms with Crippen molar-refractivity contribution in [1.29, 1.82) is 0 Å². The second-order valence-electron chi connectivity index (χ2n) is 4.99. The van der Waals surface area contributed by atoms with E-state index in [1.165, 1.54) is 11.3 Å². The summed E-state index contributed by atoms with van der Waals surface area (Å²) in [6, 6.07) is 6.25. The molecule has 0 aromatic carbocycles. The molecule has 0 saturated carbocycles. The first-order valence-electron chi connectivity index (χ1n) is 6.81. The third-order valence-corrected chi connectivity index (χ3v) is 4.02. The lowest BCUT2D eigenvalue weighted by Gasteiger charge is -2.23. The lowest BCUT2D eigenvalue weighted by atomic mass is 9.91. The molecule has 2 aromatic heterocycles. The zero-order chi connectivity index (χ0) is 13.2. The molecule has 0 fully saturated rings. The van der Waals surface area contributed by atoms with E-state index in [0.717, 1.165) is 30.6 Å². The number of rotatable bonds is 4. The Morgan fingerprint density at radius 3 is 3.21 bits per heavy atom. The second-order valence-corrected chi connectivity index (χ2v) is 4.99. The number of hydrogen-bond donors (Lipinski definition) is 2. The highest BCUT2D eigenvalue weighted by Gasteiger charge is 2.33. The largest absolute Gasteiger partial charge is 0.469 e. The molecule has 2 unspecified atom stereocenters. The molecule has 0 amide bonds. The van der Waals surface area contributed by atoms with Gasteiger partial charge in [0.15, 0.2) is 0 Å². The van der Waals surface area contributed by atoms with Crippen LogP contribution in [0.5, 0.6) is 0 Å². The van der Waals surface area contributed by atoms with Gasteiger partial charge in [0.2, 0.25) is 0 Å². The Hall–Kier alpha value is -1.65. The Kier molecular flexibility index (Phi) is 3.36. The lowest BCUT2D eigenvalue weighted by molar-refractivity contribution is 0.430. The van der Waals surface area contributed by atoms with Crippen molar-refractivity contribution in [2.24, 2.45) is 5.84 Å². The van der Waals surface area contributed by atoms with E-state index in [9.17, 15) is 0 Å². The number of nitrogens with one attached hydrogen (secondary N) is 1. The third kappa shape index (κ3) is 2.07. The molecule has 3 rings (SSSR count). The van der Waals surface area contributed by atoms with Crippen molar-refractivity contribution in [3.8, 4) is 0 Å². The molecule has 1 aliphatic rings. The van der Waals surface area contributed by atoms with Gasteiger partial charge >= 0.3 is 0 Å². The van der Waals surface area contributed by atoms with E-state index < -0.39 is 0 Å². The number of pyridine rings is 1. The van der Waals surface area contributed by atoms with Gasteiger partial charge < -0.3 is 4.42 Å². The quantitative estimate of drug-likeness (QED) is 0.652. The molecule has 2 heterocycles. The molecule has 4 nitrogen and oxygen atoms in total. The van der Waals surface area contributed by atoms with Gasteiger partial charge in [-0.1, -0.05) is 13.0 Å². The fraction of sp³-hybridized carbons (Fsp3) is 0.400. The number of aryl methyl sites for hydroxylation is 2. The Morgan fingerprint density at radius 1 is 1.53 bits per heavy atom. The van der Waals surface area contributed by atoms with Crippen LogP contribution < -0.4 is 11.3 Å². The van der Waals surface area contributed by atoms with Gasteiger partial charge in [-0.15, -0.1) is 0 Å². The summed E-state index contributed by atoms with van der Waals surface area (Å²) in [7, 11) is 0. The normalized spacial score (nSPS) is 19.4. The summed E-state index contributed by atoms with van der Waals surface area (Å²) in [6.45, 7) is 2.09. The van der Waals surface area contributed by atoms with Crippen LogP contribution in [0.15, 0.2) is 35.1 Å². The fourth-order valence-electron chi connectivity index (χ4n) is 3.11. The van der Waals surface area contributed by atoms with E-state index in [4.69, 9.17) is 10.3 Å². The maximum atomic E-state index is 5.81. The summed E-state index contributed by atoms with van der Waals surface area (Å²) in [5, 5.41) is 0. The molecule has 2 aromatic rings. The molecule has 1 aliphatic carbocycles. The molecule has 19 heavy (non-hydrogen) atoms. The minimum absolute atomic E-state index is 0.0739. The molecular weight excluding hydrogens is 238 g/mol. The standard InChI is InChI=1S/C15H19N3O/c1-2-13-11(7-9-19-13)15(18-16)12-6-5-10-4-3-8-17-14(10)12/h3-4,7-9,12,15,18H,2,5-6,16H2,1H3. The first kappa shape index (κ1) is 12.4. The monoisotopic (exact) mass is 257 g/mol. The highest BCUT2D eigenvalue weighted by atomic mass is 16.3. The molecule has 3 N–H and O–H groups in total. The van der Waals surface area contributed by atoms with Crippen molar-refractivity contribution in [3.63, 3.8) is 0 Å². The Morgan fingerprint density at radius 2 is 2.42 bits per heavy atom. The Labute approximate surface area is 113 Å². The van der Waals surface area contributed by atoms with Crippen molar-refractivity contribution in [2.45, 2.75) is 38.1 Å². The Bertz CT molecular complexity index is 564. The van der Waals surface area contributed by atoms with E-state index in [1.54, 1.807) is 6.26 Å².